The van der Waals surface area contributed by atoms with E-state index in [0.717, 1.165) is 16.6 Å². The number of phenolic OH excluding ortho intramolecular Hbond substituents is 1. The zero-order valence-electron chi connectivity index (χ0n) is 11.1. The number of aromatic amines is 1. The maximum absolute atomic E-state index is 11.5. The van der Waals surface area contributed by atoms with Crippen molar-refractivity contribution in [2.75, 3.05) is 7.11 Å². The number of fused-ring (bicyclic) bond motifs is 1. The molecule has 1 aromatic heterocycles. The van der Waals surface area contributed by atoms with Crippen LogP contribution < -0.4 is 0 Å². The second-order valence-corrected chi connectivity index (χ2v) is 4.88. The third kappa shape index (κ3) is 2.43. The van der Waals surface area contributed by atoms with Crippen LogP contribution in [0.2, 0.25) is 5.02 Å². The van der Waals surface area contributed by atoms with E-state index in [4.69, 9.17) is 11.6 Å². The molecule has 6 heteroatoms. The molecule has 1 heterocycles. The predicted octanol–water partition coefficient (Wildman–Crippen LogP) is 3.38. The molecule has 0 bridgehead atoms. The summed E-state index contributed by atoms with van der Waals surface area (Å²) in [7, 11) is 1.34. The first-order valence-corrected chi connectivity index (χ1v) is 6.53. The Morgan fingerprint density at radius 2 is 2.10 bits per heavy atom. The van der Waals surface area contributed by atoms with Crippen molar-refractivity contribution < 1.29 is 14.6 Å². The fraction of sp³-hybridized carbons (Fsp3) is 0.0667. The Kier molecular flexibility index (Phi) is 3.27. The van der Waals surface area contributed by atoms with Gasteiger partial charge >= 0.3 is 5.97 Å². The van der Waals surface area contributed by atoms with Gasteiger partial charge in [-0.25, -0.2) is 9.78 Å². The predicted molar refractivity (Wildman–Crippen MR) is 79.5 cm³/mol. The van der Waals surface area contributed by atoms with Crippen molar-refractivity contribution in [2.24, 2.45) is 0 Å². The van der Waals surface area contributed by atoms with Gasteiger partial charge in [0.05, 0.1) is 28.7 Å². The molecule has 0 aliphatic carbocycles. The van der Waals surface area contributed by atoms with E-state index in [1.165, 1.54) is 13.2 Å². The lowest BCUT2D eigenvalue weighted by molar-refractivity contribution is 0.0601. The number of aromatic hydroxyl groups is 1. The summed E-state index contributed by atoms with van der Waals surface area (Å²) in [5.41, 5.74) is 2.64. The third-order valence-corrected chi connectivity index (χ3v) is 3.43. The highest BCUT2D eigenvalue weighted by atomic mass is 35.5. The Balaban J connectivity index is 2.08. The second-order valence-electron chi connectivity index (χ2n) is 4.48. The van der Waals surface area contributed by atoms with E-state index >= 15 is 0 Å². The summed E-state index contributed by atoms with van der Waals surface area (Å²) in [5, 5.41) is 9.69. The smallest absolute Gasteiger partial charge is 0.337 e. The van der Waals surface area contributed by atoms with E-state index in [9.17, 15) is 9.90 Å². The standard InChI is InChI=1S/C15H11ClN2O3/c1-21-15(20)9-2-4-11-12(7-9)18-14(17-11)8-3-5-13(19)10(16)6-8/h2-7,19H,1H3,(H,17,18). The van der Waals surface area contributed by atoms with Crippen LogP contribution >= 0.6 is 11.6 Å². The summed E-state index contributed by atoms with van der Waals surface area (Å²) < 4.78 is 4.69. The van der Waals surface area contributed by atoms with Gasteiger partial charge < -0.3 is 14.8 Å². The minimum absolute atomic E-state index is 0.0181. The molecule has 3 rings (SSSR count). The van der Waals surface area contributed by atoms with Crippen molar-refractivity contribution in [3.63, 3.8) is 0 Å². The van der Waals surface area contributed by atoms with E-state index in [0.29, 0.717) is 11.4 Å². The molecule has 0 aliphatic rings. The molecule has 0 saturated heterocycles. The number of nitrogens with zero attached hydrogens (tertiary/aromatic N) is 1. The molecule has 0 spiro atoms. The Hall–Kier alpha value is -2.53. The Bertz CT molecular complexity index is 842. The lowest BCUT2D eigenvalue weighted by Crippen LogP contribution is -2.00. The molecule has 2 aromatic carbocycles. The fourth-order valence-corrected chi connectivity index (χ4v) is 2.23. The van der Waals surface area contributed by atoms with Crippen molar-refractivity contribution in [3.8, 4) is 17.1 Å². The van der Waals surface area contributed by atoms with Crippen LogP contribution in [-0.4, -0.2) is 28.2 Å². The molecule has 0 saturated carbocycles. The Morgan fingerprint density at radius 1 is 1.29 bits per heavy atom. The highest BCUT2D eigenvalue weighted by Gasteiger charge is 2.11. The van der Waals surface area contributed by atoms with Gasteiger partial charge in [0.15, 0.2) is 0 Å². The summed E-state index contributed by atoms with van der Waals surface area (Å²) in [4.78, 5) is 19.1. The number of phenols is 1. The molecule has 0 aliphatic heterocycles. The molecule has 21 heavy (non-hydrogen) atoms. The number of hydrogen-bond donors (Lipinski definition) is 2. The van der Waals surface area contributed by atoms with E-state index in [2.05, 4.69) is 14.7 Å². The zero-order valence-corrected chi connectivity index (χ0v) is 11.8. The molecule has 106 valence electrons. The topological polar surface area (TPSA) is 75.2 Å². The SMILES string of the molecule is COC(=O)c1ccc2nc(-c3ccc(O)c(Cl)c3)[nH]c2c1. The number of hydrogen-bond acceptors (Lipinski definition) is 4. The lowest BCUT2D eigenvalue weighted by Gasteiger charge is -1.99. The fourth-order valence-electron chi connectivity index (χ4n) is 2.05. The zero-order chi connectivity index (χ0) is 15.0. The van der Waals surface area contributed by atoms with Crippen molar-refractivity contribution in [1.82, 2.24) is 9.97 Å². The van der Waals surface area contributed by atoms with Gasteiger partial charge in [-0.05, 0) is 36.4 Å². The number of H-pyrrole nitrogens is 1. The third-order valence-electron chi connectivity index (χ3n) is 3.12. The van der Waals surface area contributed by atoms with Crippen molar-refractivity contribution in [1.29, 1.82) is 0 Å². The van der Waals surface area contributed by atoms with Crippen LogP contribution in [0.5, 0.6) is 5.75 Å². The van der Waals surface area contributed by atoms with Crippen LogP contribution in [-0.2, 0) is 4.74 Å². The monoisotopic (exact) mass is 302 g/mol. The molecule has 2 N–H and O–H groups in total. The summed E-state index contributed by atoms with van der Waals surface area (Å²) >= 11 is 5.90. The maximum Gasteiger partial charge on any atom is 0.337 e. The number of carbonyl (C=O) groups excluding carboxylic acids is 1. The van der Waals surface area contributed by atoms with Crippen LogP contribution in [0.4, 0.5) is 0 Å². The number of esters is 1. The van der Waals surface area contributed by atoms with Crippen molar-refractivity contribution in [3.05, 3.63) is 47.0 Å². The van der Waals surface area contributed by atoms with Crippen LogP contribution in [0.25, 0.3) is 22.4 Å². The first kappa shape index (κ1) is 13.5. The molecule has 0 fully saturated rings. The normalized spacial score (nSPS) is 10.8. The number of carbonyl (C=O) groups is 1. The van der Waals surface area contributed by atoms with E-state index in [-0.39, 0.29) is 10.8 Å². The number of imidazole rings is 1. The quantitative estimate of drug-likeness (QED) is 0.712. The van der Waals surface area contributed by atoms with Gasteiger partial charge in [-0.3, -0.25) is 0 Å². The van der Waals surface area contributed by atoms with Gasteiger partial charge in [0.2, 0.25) is 0 Å². The van der Waals surface area contributed by atoms with Crippen LogP contribution in [0.1, 0.15) is 10.4 Å². The number of methoxy groups -OCH3 is 1. The molecule has 5 nitrogen and oxygen atoms in total. The number of aromatic nitrogens is 2. The number of ether oxygens (including phenoxy) is 1. The largest absolute Gasteiger partial charge is 0.506 e. The first-order valence-electron chi connectivity index (χ1n) is 6.15. The van der Waals surface area contributed by atoms with Gasteiger partial charge in [-0.1, -0.05) is 11.6 Å². The summed E-state index contributed by atoms with van der Waals surface area (Å²) in [5.74, 6) is 0.221. The Labute approximate surface area is 125 Å². The highest BCUT2D eigenvalue weighted by Crippen LogP contribution is 2.29. The van der Waals surface area contributed by atoms with Gasteiger partial charge in [-0.15, -0.1) is 0 Å². The molecule has 0 atom stereocenters. The van der Waals surface area contributed by atoms with E-state index in [1.54, 1.807) is 30.3 Å². The van der Waals surface area contributed by atoms with Gasteiger partial charge in [0, 0.05) is 5.56 Å². The number of nitrogens with one attached hydrogen (secondary N) is 1. The molecule has 3 aromatic rings. The number of benzene rings is 2. The van der Waals surface area contributed by atoms with Gasteiger partial charge in [0.25, 0.3) is 0 Å². The summed E-state index contributed by atoms with van der Waals surface area (Å²) in [6.45, 7) is 0. The average Bonchev–Trinajstić information content (AvgIpc) is 2.92. The molecule has 0 amide bonds. The molecular weight excluding hydrogens is 292 g/mol. The molecule has 0 radical (unpaired) electrons. The number of rotatable bonds is 2. The summed E-state index contributed by atoms with van der Waals surface area (Å²) in [6.07, 6.45) is 0. The maximum atomic E-state index is 11.5. The Morgan fingerprint density at radius 3 is 2.81 bits per heavy atom. The average molecular weight is 303 g/mol. The van der Waals surface area contributed by atoms with Crippen LogP contribution in [0, 0.1) is 0 Å². The van der Waals surface area contributed by atoms with Gasteiger partial charge in [0.1, 0.15) is 11.6 Å². The van der Waals surface area contributed by atoms with Gasteiger partial charge in [-0.2, -0.15) is 0 Å². The van der Waals surface area contributed by atoms with Crippen LogP contribution in [0.15, 0.2) is 36.4 Å². The number of halogens is 1. The minimum atomic E-state index is -0.402. The second kappa shape index (κ2) is 5.10. The molecule has 0 unspecified atom stereocenters. The molecular formula is C15H11ClN2O3. The minimum Gasteiger partial charge on any atom is -0.506 e. The lowest BCUT2D eigenvalue weighted by atomic mass is 10.2. The van der Waals surface area contributed by atoms with Crippen molar-refractivity contribution >= 4 is 28.6 Å². The highest BCUT2D eigenvalue weighted by molar-refractivity contribution is 6.32. The summed E-state index contributed by atoms with van der Waals surface area (Å²) in [6, 6.07) is 9.91. The van der Waals surface area contributed by atoms with E-state index in [1.807, 2.05) is 0 Å². The van der Waals surface area contributed by atoms with Crippen molar-refractivity contribution in [2.45, 2.75) is 0 Å². The van der Waals surface area contributed by atoms with E-state index < -0.39 is 5.97 Å². The first-order chi connectivity index (χ1) is 10.1. The van der Waals surface area contributed by atoms with Crippen LogP contribution in [0.3, 0.4) is 0 Å².